The highest BCUT2D eigenvalue weighted by Gasteiger charge is 2.34. The summed E-state index contributed by atoms with van der Waals surface area (Å²) in [4.78, 5) is 11.4. The monoisotopic (exact) mass is 285 g/mol. The van der Waals surface area contributed by atoms with E-state index in [9.17, 15) is 23.1 Å². The van der Waals surface area contributed by atoms with Crippen LogP contribution < -0.4 is 5.32 Å². The molecule has 0 aromatic heterocycles. The molecule has 0 bridgehead atoms. The summed E-state index contributed by atoms with van der Waals surface area (Å²) in [6, 6.07) is 0. The van der Waals surface area contributed by atoms with Crippen molar-refractivity contribution in [2.75, 3.05) is 6.54 Å². The molecule has 1 atom stereocenters. The van der Waals surface area contributed by atoms with E-state index in [0.717, 1.165) is 0 Å². The average Bonchev–Trinajstić information content (AvgIpc) is 2.20. The van der Waals surface area contributed by atoms with E-state index in [-0.39, 0.29) is 13.0 Å². The SMILES string of the molecule is CCC(O)(CCC(F)(F)F)CNC(=O)OC(C)(C)C. The van der Waals surface area contributed by atoms with Crippen LogP contribution in [-0.4, -0.2) is 35.1 Å². The molecule has 0 aliphatic rings. The number of alkyl carbamates (subject to hydrolysis) is 1. The van der Waals surface area contributed by atoms with Gasteiger partial charge >= 0.3 is 12.3 Å². The zero-order valence-electron chi connectivity index (χ0n) is 11.7. The molecular formula is C12H22F3NO3. The maximum Gasteiger partial charge on any atom is 0.407 e. The van der Waals surface area contributed by atoms with Gasteiger partial charge in [-0.05, 0) is 33.6 Å². The summed E-state index contributed by atoms with van der Waals surface area (Å²) in [7, 11) is 0. The van der Waals surface area contributed by atoms with Gasteiger partial charge < -0.3 is 15.2 Å². The first-order valence-corrected chi connectivity index (χ1v) is 6.13. The topological polar surface area (TPSA) is 58.6 Å². The van der Waals surface area contributed by atoms with Crippen molar-refractivity contribution < 1.29 is 27.8 Å². The summed E-state index contributed by atoms with van der Waals surface area (Å²) >= 11 is 0. The predicted octanol–water partition coefficient (Wildman–Crippen LogP) is 2.99. The van der Waals surface area contributed by atoms with Crippen LogP contribution in [0.2, 0.25) is 0 Å². The zero-order valence-corrected chi connectivity index (χ0v) is 11.7. The number of hydrogen-bond donors (Lipinski definition) is 2. The van der Waals surface area contributed by atoms with Gasteiger partial charge in [-0.2, -0.15) is 13.2 Å². The molecule has 1 amide bonds. The number of hydrogen-bond acceptors (Lipinski definition) is 3. The second kappa shape index (κ2) is 6.45. The largest absolute Gasteiger partial charge is 0.444 e. The third-order valence-corrected chi connectivity index (χ3v) is 2.49. The molecule has 0 saturated carbocycles. The highest BCUT2D eigenvalue weighted by molar-refractivity contribution is 5.67. The van der Waals surface area contributed by atoms with Gasteiger partial charge in [-0.25, -0.2) is 4.79 Å². The minimum Gasteiger partial charge on any atom is -0.444 e. The van der Waals surface area contributed by atoms with Crippen LogP contribution in [0.25, 0.3) is 0 Å². The van der Waals surface area contributed by atoms with Gasteiger partial charge in [-0.1, -0.05) is 6.92 Å². The van der Waals surface area contributed by atoms with Crippen LogP contribution in [0.15, 0.2) is 0 Å². The van der Waals surface area contributed by atoms with Crippen LogP contribution in [0.5, 0.6) is 0 Å². The average molecular weight is 285 g/mol. The lowest BCUT2D eigenvalue weighted by atomic mass is 9.94. The Morgan fingerprint density at radius 2 is 1.74 bits per heavy atom. The number of carbonyl (C=O) groups is 1. The Morgan fingerprint density at radius 3 is 2.11 bits per heavy atom. The Kier molecular flexibility index (Phi) is 6.12. The van der Waals surface area contributed by atoms with Gasteiger partial charge in [0.1, 0.15) is 5.60 Å². The molecule has 0 saturated heterocycles. The number of amides is 1. The van der Waals surface area contributed by atoms with Gasteiger partial charge in [0.05, 0.1) is 5.60 Å². The summed E-state index contributed by atoms with van der Waals surface area (Å²) < 4.78 is 41.3. The number of rotatable bonds is 5. The van der Waals surface area contributed by atoms with Crippen molar-refractivity contribution in [1.29, 1.82) is 0 Å². The third-order valence-electron chi connectivity index (χ3n) is 2.49. The third kappa shape index (κ3) is 9.58. The first-order valence-electron chi connectivity index (χ1n) is 6.13. The molecule has 4 nitrogen and oxygen atoms in total. The van der Waals surface area contributed by atoms with Crippen molar-refractivity contribution in [3.05, 3.63) is 0 Å². The van der Waals surface area contributed by atoms with E-state index in [1.165, 1.54) is 0 Å². The van der Waals surface area contributed by atoms with E-state index in [1.807, 2.05) is 0 Å². The lowest BCUT2D eigenvalue weighted by Gasteiger charge is -2.28. The number of aliphatic hydroxyl groups is 1. The number of nitrogens with one attached hydrogen (secondary N) is 1. The normalized spacial score (nSPS) is 15.8. The number of halogens is 3. The fourth-order valence-electron chi connectivity index (χ4n) is 1.32. The molecule has 0 aromatic rings. The molecule has 0 rings (SSSR count). The van der Waals surface area contributed by atoms with Gasteiger partial charge in [0, 0.05) is 13.0 Å². The van der Waals surface area contributed by atoms with Gasteiger partial charge in [-0.15, -0.1) is 0 Å². The van der Waals surface area contributed by atoms with Crippen molar-refractivity contribution in [3.8, 4) is 0 Å². The smallest absolute Gasteiger partial charge is 0.407 e. The van der Waals surface area contributed by atoms with E-state index in [2.05, 4.69) is 5.32 Å². The minimum absolute atomic E-state index is 0.110. The van der Waals surface area contributed by atoms with Gasteiger partial charge in [0.15, 0.2) is 0 Å². The molecule has 0 aliphatic carbocycles. The maximum absolute atomic E-state index is 12.1. The highest BCUT2D eigenvalue weighted by Crippen LogP contribution is 2.27. The number of alkyl halides is 3. The van der Waals surface area contributed by atoms with E-state index >= 15 is 0 Å². The molecule has 0 fully saturated rings. The van der Waals surface area contributed by atoms with Crippen LogP contribution >= 0.6 is 0 Å². The zero-order chi connectivity index (χ0) is 15.3. The van der Waals surface area contributed by atoms with E-state index in [0.29, 0.717) is 0 Å². The van der Waals surface area contributed by atoms with Crippen molar-refractivity contribution >= 4 is 6.09 Å². The number of carbonyl (C=O) groups excluding carboxylic acids is 1. The van der Waals surface area contributed by atoms with Gasteiger partial charge in [-0.3, -0.25) is 0 Å². The van der Waals surface area contributed by atoms with Gasteiger partial charge in [0.25, 0.3) is 0 Å². The highest BCUT2D eigenvalue weighted by atomic mass is 19.4. The lowest BCUT2D eigenvalue weighted by molar-refractivity contribution is -0.146. The predicted molar refractivity (Wildman–Crippen MR) is 64.8 cm³/mol. The summed E-state index contributed by atoms with van der Waals surface area (Å²) in [5.41, 5.74) is -2.27. The van der Waals surface area contributed by atoms with Crippen molar-refractivity contribution in [1.82, 2.24) is 5.32 Å². The molecule has 0 spiro atoms. The quantitative estimate of drug-likeness (QED) is 0.816. The first-order chi connectivity index (χ1) is 8.37. The van der Waals surface area contributed by atoms with E-state index in [4.69, 9.17) is 4.74 Å². The molecule has 0 aliphatic heterocycles. The minimum atomic E-state index is -4.32. The maximum atomic E-state index is 12.1. The van der Waals surface area contributed by atoms with E-state index < -0.39 is 36.3 Å². The Balaban J connectivity index is 4.28. The van der Waals surface area contributed by atoms with Crippen molar-refractivity contribution in [3.63, 3.8) is 0 Å². The second-order valence-electron chi connectivity index (χ2n) is 5.55. The fraction of sp³-hybridized carbons (Fsp3) is 0.917. The Labute approximate surface area is 111 Å². The summed E-state index contributed by atoms with van der Waals surface area (Å²) in [6.07, 6.45) is -6.52. The fourth-order valence-corrected chi connectivity index (χ4v) is 1.32. The molecular weight excluding hydrogens is 263 g/mol. The van der Waals surface area contributed by atoms with Crippen molar-refractivity contribution in [2.45, 2.75) is 64.3 Å². The first kappa shape index (κ1) is 18.0. The molecule has 0 aromatic carbocycles. The second-order valence-corrected chi connectivity index (χ2v) is 5.55. The summed E-state index contributed by atoms with van der Waals surface area (Å²) in [5, 5.41) is 12.2. The van der Waals surface area contributed by atoms with Crippen LogP contribution in [0.1, 0.15) is 47.0 Å². The number of ether oxygens (including phenoxy) is 1. The molecule has 2 N–H and O–H groups in total. The molecule has 114 valence electrons. The Bertz CT molecular complexity index is 300. The summed E-state index contributed by atoms with van der Waals surface area (Å²) in [6.45, 7) is 6.30. The van der Waals surface area contributed by atoms with E-state index in [1.54, 1.807) is 27.7 Å². The van der Waals surface area contributed by atoms with Crippen LogP contribution in [0.4, 0.5) is 18.0 Å². The lowest BCUT2D eigenvalue weighted by Crippen LogP contribution is -2.44. The Hall–Kier alpha value is -0.980. The van der Waals surface area contributed by atoms with Crippen LogP contribution in [0.3, 0.4) is 0 Å². The standard InChI is InChI=1S/C12H22F3NO3/c1-5-11(18,6-7-12(13,14)15)8-16-9(17)19-10(2,3)4/h18H,5-8H2,1-4H3,(H,16,17). The van der Waals surface area contributed by atoms with Crippen molar-refractivity contribution in [2.24, 2.45) is 0 Å². The van der Waals surface area contributed by atoms with Crippen LogP contribution in [0, 0.1) is 0 Å². The molecule has 0 heterocycles. The molecule has 1 unspecified atom stereocenters. The summed E-state index contributed by atoms with van der Waals surface area (Å²) in [5.74, 6) is 0. The molecule has 19 heavy (non-hydrogen) atoms. The molecule has 0 radical (unpaired) electrons. The Morgan fingerprint density at radius 1 is 1.21 bits per heavy atom. The van der Waals surface area contributed by atoms with Crippen LogP contribution in [-0.2, 0) is 4.74 Å². The van der Waals surface area contributed by atoms with Gasteiger partial charge in [0.2, 0.25) is 0 Å². The molecule has 7 heteroatoms.